The molecule has 0 spiro atoms. The van der Waals surface area contributed by atoms with Crippen molar-refractivity contribution in [1.29, 1.82) is 0 Å². The summed E-state index contributed by atoms with van der Waals surface area (Å²) in [4.78, 5) is 35.4. The molecule has 33 heavy (non-hydrogen) atoms. The molecule has 0 bridgehead atoms. The van der Waals surface area contributed by atoms with Gasteiger partial charge >= 0.3 is 17.9 Å². The Balaban J connectivity index is 3.83. The van der Waals surface area contributed by atoms with Gasteiger partial charge in [0.2, 0.25) is 0 Å². The highest BCUT2D eigenvalue weighted by atomic mass is 16.6. The van der Waals surface area contributed by atoms with Gasteiger partial charge in [-0.3, -0.25) is 14.4 Å². The van der Waals surface area contributed by atoms with Crippen molar-refractivity contribution in [2.24, 2.45) is 0 Å². The summed E-state index contributed by atoms with van der Waals surface area (Å²) < 4.78 is 15.7. The fourth-order valence-corrected chi connectivity index (χ4v) is 3.57. The van der Waals surface area contributed by atoms with Gasteiger partial charge in [0.25, 0.3) is 0 Å². The lowest BCUT2D eigenvalue weighted by Crippen LogP contribution is -2.30. The lowest BCUT2D eigenvalue weighted by molar-refractivity contribution is -0.166. The summed E-state index contributed by atoms with van der Waals surface area (Å²) in [5, 5.41) is 0. The van der Waals surface area contributed by atoms with Crippen LogP contribution in [0.5, 0.6) is 0 Å². The van der Waals surface area contributed by atoms with E-state index in [1.165, 1.54) is 64.2 Å². The van der Waals surface area contributed by atoms with E-state index in [1.54, 1.807) is 0 Å². The van der Waals surface area contributed by atoms with Gasteiger partial charge in [-0.15, -0.1) is 0 Å². The van der Waals surface area contributed by atoms with E-state index in [4.69, 9.17) is 14.2 Å². The fraction of sp³-hybridized carbons (Fsp3) is 0.889. The first-order valence-electron chi connectivity index (χ1n) is 13.5. The molecule has 0 aliphatic heterocycles. The van der Waals surface area contributed by atoms with Gasteiger partial charge < -0.3 is 14.2 Å². The van der Waals surface area contributed by atoms with Gasteiger partial charge in [-0.05, 0) is 19.3 Å². The minimum atomic E-state index is -0.750. The summed E-state index contributed by atoms with van der Waals surface area (Å²) in [5.74, 6) is -1.01. The molecule has 1 atom stereocenters. The topological polar surface area (TPSA) is 78.9 Å². The standard InChI is InChI=1S/C27H50O6/c1-4-7-8-9-10-11-12-13-14-15-16-17-18-21-26(29)32-23-24(33-27(30)20-6-3)22-31-25(28)19-5-2/h24H,4-23H2,1-3H3. The molecule has 6 heteroatoms. The zero-order valence-corrected chi connectivity index (χ0v) is 21.7. The molecule has 194 valence electrons. The first-order valence-corrected chi connectivity index (χ1v) is 13.5. The molecule has 6 nitrogen and oxygen atoms in total. The number of carbonyl (C=O) groups excluding carboxylic acids is 3. The highest BCUT2D eigenvalue weighted by Gasteiger charge is 2.19. The Bertz CT molecular complexity index is 491. The second-order valence-electron chi connectivity index (χ2n) is 8.97. The van der Waals surface area contributed by atoms with Gasteiger partial charge in [0, 0.05) is 19.3 Å². The number of carbonyl (C=O) groups is 3. The van der Waals surface area contributed by atoms with Crippen LogP contribution in [0.25, 0.3) is 0 Å². The summed E-state index contributed by atoms with van der Waals surface area (Å²) in [6.45, 7) is 5.86. The predicted molar refractivity (Wildman–Crippen MR) is 132 cm³/mol. The maximum absolute atomic E-state index is 12.0. The number of esters is 3. The number of hydrogen-bond donors (Lipinski definition) is 0. The van der Waals surface area contributed by atoms with Crippen molar-refractivity contribution in [3.05, 3.63) is 0 Å². The predicted octanol–water partition coefficient (Wildman–Crippen LogP) is 7.07. The van der Waals surface area contributed by atoms with Crippen molar-refractivity contribution in [3.63, 3.8) is 0 Å². The van der Waals surface area contributed by atoms with Crippen LogP contribution in [0.15, 0.2) is 0 Å². The lowest BCUT2D eigenvalue weighted by atomic mass is 10.0. The van der Waals surface area contributed by atoms with E-state index >= 15 is 0 Å². The molecule has 0 rings (SSSR count). The zero-order chi connectivity index (χ0) is 24.6. The number of hydrogen-bond acceptors (Lipinski definition) is 6. The van der Waals surface area contributed by atoms with Gasteiger partial charge in [-0.1, -0.05) is 97.8 Å². The molecule has 1 unspecified atom stereocenters. The Morgan fingerprint density at radius 1 is 0.485 bits per heavy atom. The molecule has 0 fully saturated rings. The lowest BCUT2D eigenvalue weighted by Gasteiger charge is -2.18. The third kappa shape index (κ3) is 22.0. The summed E-state index contributed by atoms with van der Waals surface area (Å²) in [6.07, 6.45) is 17.9. The summed E-state index contributed by atoms with van der Waals surface area (Å²) >= 11 is 0. The van der Waals surface area contributed by atoms with Crippen LogP contribution in [0.2, 0.25) is 0 Å². The highest BCUT2D eigenvalue weighted by molar-refractivity contribution is 5.71. The molecule has 0 aromatic rings. The molecule has 0 N–H and O–H groups in total. The minimum absolute atomic E-state index is 0.0772. The minimum Gasteiger partial charge on any atom is -0.462 e. The Labute approximate surface area is 202 Å². The maximum Gasteiger partial charge on any atom is 0.306 e. The molecule has 0 radical (unpaired) electrons. The highest BCUT2D eigenvalue weighted by Crippen LogP contribution is 2.13. The molecule has 0 heterocycles. The summed E-state index contributed by atoms with van der Waals surface area (Å²) in [6, 6.07) is 0. The summed E-state index contributed by atoms with van der Waals surface area (Å²) in [7, 11) is 0. The maximum atomic E-state index is 12.0. The number of unbranched alkanes of at least 4 members (excludes halogenated alkanes) is 12. The van der Waals surface area contributed by atoms with E-state index in [0.717, 1.165) is 19.3 Å². The van der Waals surface area contributed by atoms with E-state index < -0.39 is 6.10 Å². The van der Waals surface area contributed by atoms with Crippen LogP contribution in [0.4, 0.5) is 0 Å². The monoisotopic (exact) mass is 470 g/mol. The average Bonchev–Trinajstić information content (AvgIpc) is 2.79. The molecular formula is C27H50O6. The Kier molecular flexibility index (Phi) is 22.4. The fourth-order valence-electron chi connectivity index (χ4n) is 3.57. The summed E-state index contributed by atoms with van der Waals surface area (Å²) in [5.41, 5.74) is 0. The van der Waals surface area contributed by atoms with Crippen LogP contribution < -0.4 is 0 Å². The normalized spacial score (nSPS) is 11.7. The quantitative estimate of drug-likeness (QED) is 0.0903. The van der Waals surface area contributed by atoms with E-state index in [9.17, 15) is 14.4 Å². The first kappa shape index (κ1) is 31.4. The van der Waals surface area contributed by atoms with Crippen molar-refractivity contribution in [3.8, 4) is 0 Å². The molecule has 0 saturated heterocycles. The molecule has 0 amide bonds. The second-order valence-corrected chi connectivity index (χ2v) is 8.97. The van der Waals surface area contributed by atoms with Crippen molar-refractivity contribution in [2.45, 2.75) is 142 Å². The Hall–Kier alpha value is -1.59. The molecular weight excluding hydrogens is 420 g/mol. The number of ether oxygens (including phenoxy) is 3. The zero-order valence-electron chi connectivity index (χ0n) is 21.7. The van der Waals surface area contributed by atoms with Gasteiger partial charge in [0.05, 0.1) is 0 Å². The van der Waals surface area contributed by atoms with Crippen LogP contribution >= 0.6 is 0 Å². The van der Waals surface area contributed by atoms with E-state index in [0.29, 0.717) is 25.7 Å². The van der Waals surface area contributed by atoms with Gasteiger partial charge in [0.1, 0.15) is 13.2 Å². The van der Waals surface area contributed by atoms with Crippen LogP contribution in [0.1, 0.15) is 136 Å². The second kappa shape index (κ2) is 23.6. The van der Waals surface area contributed by atoms with Crippen LogP contribution in [0.3, 0.4) is 0 Å². The molecule has 0 aromatic heterocycles. The van der Waals surface area contributed by atoms with Crippen LogP contribution in [-0.4, -0.2) is 37.2 Å². The van der Waals surface area contributed by atoms with Crippen molar-refractivity contribution in [1.82, 2.24) is 0 Å². The molecule has 0 aromatic carbocycles. The SMILES string of the molecule is CCCCCCCCCCCCCCCC(=O)OCC(COC(=O)CCC)OC(=O)CCC. The van der Waals surface area contributed by atoms with Crippen LogP contribution in [-0.2, 0) is 28.6 Å². The smallest absolute Gasteiger partial charge is 0.306 e. The first-order chi connectivity index (χ1) is 16.0. The molecule has 0 saturated carbocycles. The van der Waals surface area contributed by atoms with Gasteiger partial charge in [0.15, 0.2) is 6.10 Å². The van der Waals surface area contributed by atoms with Crippen LogP contribution in [0, 0.1) is 0 Å². The Morgan fingerprint density at radius 3 is 1.33 bits per heavy atom. The molecule has 0 aliphatic carbocycles. The van der Waals surface area contributed by atoms with Crippen molar-refractivity contribution < 1.29 is 28.6 Å². The van der Waals surface area contributed by atoms with E-state index in [2.05, 4.69) is 6.92 Å². The van der Waals surface area contributed by atoms with Crippen molar-refractivity contribution in [2.75, 3.05) is 13.2 Å². The number of rotatable bonds is 23. The van der Waals surface area contributed by atoms with Crippen molar-refractivity contribution >= 4 is 17.9 Å². The third-order valence-electron chi connectivity index (χ3n) is 5.55. The Morgan fingerprint density at radius 2 is 0.879 bits per heavy atom. The van der Waals surface area contributed by atoms with Gasteiger partial charge in [-0.25, -0.2) is 0 Å². The molecule has 0 aliphatic rings. The largest absolute Gasteiger partial charge is 0.462 e. The average molecular weight is 471 g/mol. The van der Waals surface area contributed by atoms with E-state index in [1.807, 2.05) is 13.8 Å². The third-order valence-corrected chi connectivity index (χ3v) is 5.55. The van der Waals surface area contributed by atoms with E-state index in [-0.39, 0.29) is 37.5 Å². The van der Waals surface area contributed by atoms with Gasteiger partial charge in [-0.2, -0.15) is 0 Å².